The molecule has 1 amide bonds. The normalized spacial score (nSPS) is 27.7. The molecule has 3 nitrogen and oxygen atoms in total. The van der Waals surface area contributed by atoms with E-state index >= 15 is 0 Å². The Bertz CT molecular complexity index is 1040. The maximum absolute atomic E-state index is 14.4. The van der Waals surface area contributed by atoms with Gasteiger partial charge in [-0.3, -0.25) is 4.79 Å². The lowest BCUT2D eigenvalue weighted by Crippen LogP contribution is -2.59. The van der Waals surface area contributed by atoms with E-state index < -0.39 is 4.87 Å². The van der Waals surface area contributed by atoms with Crippen molar-refractivity contribution in [1.29, 1.82) is 0 Å². The van der Waals surface area contributed by atoms with Gasteiger partial charge in [0.1, 0.15) is 0 Å². The van der Waals surface area contributed by atoms with Crippen molar-refractivity contribution in [2.45, 2.75) is 86.4 Å². The zero-order valence-corrected chi connectivity index (χ0v) is 19.0. The first-order valence-electron chi connectivity index (χ1n) is 11.4. The molecule has 1 aliphatic carbocycles. The number of hydrogen-bond donors (Lipinski definition) is 1. The van der Waals surface area contributed by atoms with Gasteiger partial charge in [0.05, 0.1) is 5.69 Å². The van der Waals surface area contributed by atoms with Crippen molar-refractivity contribution in [2.75, 3.05) is 10.2 Å². The molecule has 1 N–H and O–H groups in total. The minimum Gasteiger partial charge on any atom is -0.358 e. The highest BCUT2D eigenvalue weighted by molar-refractivity contribution is 8.01. The van der Waals surface area contributed by atoms with Crippen LogP contribution in [-0.2, 0) is 15.1 Å². The van der Waals surface area contributed by atoms with Crippen LogP contribution in [0.15, 0.2) is 41.3 Å². The average Bonchev–Trinajstić information content (AvgIpc) is 3.10. The lowest BCUT2D eigenvalue weighted by atomic mass is 9.66. The van der Waals surface area contributed by atoms with Crippen molar-refractivity contribution in [3.05, 3.63) is 53.1 Å². The first-order valence-corrected chi connectivity index (χ1v) is 12.2. The molecule has 0 bridgehead atoms. The largest absolute Gasteiger partial charge is 0.358 e. The fourth-order valence-electron chi connectivity index (χ4n) is 6.67. The zero-order valence-electron chi connectivity index (χ0n) is 18.2. The van der Waals surface area contributed by atoms with Crippen LogP contribution in [0.5, 0.6) is 0 Å². The SMILES string of the molecule is Cc1cc2c3c(c1)[C@]1(Nc4ccccc4S1)C(=O)N3C1(CCCCCC1)CC2(C)C. The van der Waals surface area contributed by atoms with Crippen LogP contribution in [0.2, 0.25) is 0 Å². The highest BCUT2D eigenvalue weighted by atomic mass is 32.2. The predicted octanol–water partition coefficient (Wildman–Crippen LogP) is 6.49. The summed E-state index contributed by atoms with van der Waals surface area (Å²) in [4.78, 5) is 17.2. The third-order valence-electron chi connectivity index (χ3n) is 7.83. The maximum atomic E-state index is 14.4. The molecular formula is C26H30N2OS. The predicted molar refractivity (Wildman–Crippen MR) is 124 cm³/mol. The second-order valence-corrected chi connectivity index (χ2v) is 11.7. The molecule has 2 spiro atoms. The van der Waals surface area contributed by atoms with E-state index in [1.165, 1.54) is 53.0 Å². The number of carbonyl (C=O) groups is 1. The molecule has 6 rings (SSSR count). The Kier molecular flexibility index (Phi) is 3.80. The summed E-state index contributed by atoms with van der Waals surface area (Å²) in [5, 5.41) is 3.70. The number of thioether (sulfide) groups is 1. The molecule has 0 saturated heterocycles. The van der Waals surface area contributed by atoms with Crippen LogP contribution in [-0.4, -0.2) is 11.4 Å². The molecule has 1 fully saturated rings. The van der Waals surface area contributed by atoms with Crippen LogP contribution in [0.4, 0.5) is 11.4 Å². The second-order valence-electron chi connectivity index (χ2n) is 10.5. The van der Waals surface area contributed by atoms with Gasteiger partial charge in [-0.2, -0.15) is 0 Å². The van der Waals surface area contributed by atoms with Crippen molar-refractivity contribution in [3.63, 3.8) is 0 Å². The van der Waals surface area contributed by atoms with Crippen LogP contribution in [0.1, 0.15) is 75.5 Å². The summed E-state index contributed by atoms with van der Waals surface area (Å²) < 4.78 is 0. The van der Waals surface area contributed by atoms with Gasteiger partial charge in [0.15, 0.2) is 4.87 Å². The molecule has 1 atom stereocenters. The Balaban J connectivity index is 1.61. The van der Waals surface area contributed by atoms with Crippen molar-refractivity contribution in [1.82, 2.24) is 0 Å². The zero-order chi connectivity index (χ0) is 20.7. The van der Waals surface area contributed by atoms with E-state index in [4.69, 9.17) is 0 Å². The first kappa shape index (κ1) is 18.8. The average molecular weight is 419 g/mol. The van der Waals surface area contributed by atoms with Gasteiger partial charge in [-0.25, -0.2) is 0 Å². The highest BCUT2D eigenvalue weighted by Gasteiger charge is 2.63. The molecule has 2 aromatic carbocycles. The Morgan fingerprint density at radius 2 is 1.70 bits per heavy atom. The summed E-state index contributed by atoms with van der Waals surface area (Å²) >= 11 is 1.71. The Morgan fingerprint density at radius 1 is 1.00 bits per heavy atom. The lowest BCUT2D eigenvalue weighted by Gasteiger charge is -2.52. The fourth-order valence-corrected chi connectivity index (χ4v) is 7.98. The number of nitrogens with one attached hydrogen (secondary N) is 1. The van der Waals surface area contributed by atoms with E-state index in [0.29, 0.717) is 0 Å². The van der Waals surface area contributed by atoms with Gasteiger partial charge in [-0.1, -0.05) is 81.1 Å². The van der Waals surface area contributed by atoms with E-state index in [0.717, 1.165) is 24.9 Å². The minimum atomic E-state index is -0.723. The van der Waals surface area contributed by atoms with Gasteiger partial charge in [0.25, 0.3) is 5.91 Å². The molecule has 3 heterocycles. The molecule has 4 aliphatic rings. The van der Waals surface area contributed by atoms with Gasteiger partial charge in [-0.15, -0.1) is 0 Å². The van der Waals surface area contributed by atoms with Gasteiger partial charge in [0, 0.05) is 21.7 Å². The fraction of sp³-hybridized carbons (Fsp3) is 0.500. The third-order valence-corrected chi connectivity index (χ3v) is 9.21. The molecular weight excluding hydrogens is 388 g/mol. The summed E-state index contributed by atoms with van der Waals surface area (Å²) in [6.45, 7) is 6.97. The number of benzene rings is 2. The monoisotopic (exact) mass is 418 g/mol. The van der Waals surface area contributed by atoms with Crippen LogP contribution < -0.4 is 10.2 Å². The molecule has 1 saturated carbocycles. The molecule has 0 radical (unpaired) electrons. The third kappa shape index (κ3) is 2.32. The van der Waals surface area contributed by atoms with Crippen molar-refractivity contribution < 1.29 is 4.79 Å². The quantitative estimate of drug-likeness (QED) is 0.531. The summed E-state index contributed by atoms with van der Waals surface area (Å²) in [5.41, 5.74) is 6.11. The summed E-state index contributed by atoms with van der Waals surface area (Å²) in [7, 11) is 0. The number of para-hydroxylation sites is 1. The van der Waals surface area contributed by atoms with Gasteiger partial charge < -0.3 is 10.2 Å². The number of carbonyl (C=O) groups excluding carboxylic acids is 1. The van der Waals surface area contributed by atoms with Gasteiger partial charge >= 0.3 is 0 Å². The number of fused-ring (bicyclic) bond motifs is 3. The van der Waals surface area contributed by atoms with Crippen molar-refractivity contribution in [3.8, 4) is 0 Å². The maximum Gasteiger partial charge on any atom is 0.268 e. The van der Waals surface area contributed by atoms with E-state index in [-0.39, 0.29) is 16.9 Å². The Labute approximate surface area is 183 Å². The number of rotatable bonds is 0. The van der Waals surface area contributed by atoms with Crippen LogP contribution in [0, 0.1) is 6.92 Å². The molecule has 30 heavy (non-hydrogen) atoms. The molecule has 4 heteroatoms. The van der Waals surface area contributed by atoms with Crippen LogP contribution in [0.3, 0.4) is 0 Å². The standard InChI is InChI=1S/C26H30N2OS/c1-17-14-18-22-19(15-17)26(27-20-10-6-7-11-21(20)30-26)23(29)28(22)25(16-24(18,2)3)12-8-4-5-9-13-25/h6-7,10-11,14-15,27H,4-5,8-9,12-13,16H2,1-3H3/t26-/m1/s1. The molecule has 0 unspecified atom stereocenters. The summed E-state index contributed by atoms with van der Waals surface area (Å²) in [5.74, 6) is 0.253. The first-order chi connectivity index (χ1) is 14.4. The van der Waals surface area contributed by atoms with Crippen LogP contribution in [0.25, 0.3) is 0 Å². The van der Waals surface area contributed by atoms with E-state index in [9.17, 15) is 4.79 Å². The van der Waals surface area contributed by atoms with Crippen molar-refractivity contribution >= 4 is 29.0 Å². The molecule has 3 aliphatic heterocycles. The lowest BCUT2D eigenvalue weighted by molar-refractivity contribution is -0.121. The number of amides is 1. The molecule has 2 aromatic rings. The van der Waals surface area contributed by atoms with Gasteiger partial charge in [-0.05, 0) is 49.3 Å². The number of aryl methyl sites for hydroxylation is 1. The molecule has 156 valence electrons. The Hall–Kier alpha value is -1.94. The number of nitrogens with zero attached hydrogens (tertiary/aromatic N) is 1. The van der Waals surface area contributed by atoms with Gasteiger partial charge in [0.2, 0.25) is 0 Å². The number of hydrogen-bond acceptors (Lipinski definition) is 3. The second kappa shape index (κ2) is 6.06. The number of anilines is 2. The van der Waals surface area contributed by atoms with E-state index in [2.05, 4.69) is 67.4 Å². The smallest absolute Gasteiger partial charge is 0.268 e. The van der Waals surface area contributed by atoms with Crippen molar-refractivity contribution in [2.24, 2.45) is 0 Å². The minimum absolute atomic E-state index is 0.0470. The summed E-state index contributed by atoms with van der Waals surface area (Å²) in [6, 6.07) is 13.0. The van der Waals surface area contributed by atoms with E-state index in [1.54, 1.807) is 11.8 Å². The Morgan fingerprint density at radius 3 is 2.43 bits per heavy atom. The van der Waals surface area contributed by atoms with Crippen LogP contribution >= 0.6 is 11.8 Å². The topological polar surface area (TPSA) is 32.3 Å². The highest BCUT2D eigenvalue weighted by Crippen LogP contribution is 2.64. The van der Waals surface area contributed by atoms with E-state index in [1.807, 2.05) is 0 Å². The summed E-state index contributed by atoms with van der Waals surface area (Å²) in [6.07, 6.45) is 8.36. The molecule has 0 aromatic heterocycles.